The number of aliphatic carboxylic acids is 1. The fraction of sp³-hybridized carbons (Fsp3) is 0.733. The highest BCUT2D eigenvalue weighted by Gasteiger charge is 2.49. The van der Waals surface area contributed by atoms with E-state index < -0.39 is 28.9 Å². The van der Waals surface area contributed by atoms with Gasteiger partial charge in [0, 0.05) is 0 Å². The second-order valence-electron chi connectivity index (χ2n) is 6.54. The molecule has 2 atom stereocenters. The van der Waals surface area contributed by atoms with E-state index in [9.17, 15) is 14.7 Å². The molecule has 5 nitrogen and oxygen atoms in total. The summed E-state index contributed by atoms with van der Waals surface area (Å²) >= 11 is 0. The number of hydrogen-bond acceptors (Lipinski definition) is 4. The zero-order chi connectivity index (χ0) is 15.6. The normalized spacial score (nSPS) is 29.1. The third-order valence-corrected chi connectivity index (χ3v) is 3.58. The number of carbonyl (C=O) groups is 2. The van der Waals surface area contributed by atoms with Gasteiger partial charge in [-0.25, -0.2) is 0 Å². The van der Waals surface area contributed by atoms with Crippen molar-refractivity contribution >= 4 is 11.9 Å². The van der Waals surface area contributed by atoms with Crippen molar-refractivity contribution in [1.82, 2.24) is 0 Å². The van der Waals surface area contributed by atoms with Gasteiger partial charge in [0.1, 0.15) is 5.60 Å². The first-order valence-corrected chi connectivity index (χ1v) is 6.77. The van der Waals surface area contributed by atoms with Gasteiger partial charge in [-0.2, -0.15) is 0 Å². The van der Waals surface area contributed by atoms with Crippen molar-refractivity contribution in [2.24, 2.45) is 11.3 Å². The number of allylic oxidation sites excluding steroid dienone is 1. The van der Waals surface area contributed by atoms with Gasteiger partial charge in [-0.3, -0.25) is 9.59 Å². The van der Waals surface area contributed by atoms with Crippen molar-refractivity contribution in [3.63, 3.8) is 0 Å². The van der Waals surface area contributed by atoms with Crippen LogP contribution >= 0.6 is 0 Å². The molecule has 1 aliphatic rings. The van der Waals surface area contributed by atoms with Crippen LogP contribution in [0, 0.1) is 11.3 Å². The lowest BCUT2D eigenvalue weighted by Gasteiger charge is -2.38. The molecule has 0 aromatic rings. The number of methoxy groups -OCH3 is 1. The van der Waals surface area contributed by atoms with Crippen molar-refractivity contribution in [2.45, 2.75) is 52.6 Å². The smallest absolute Gasteiger partial charge is 0.310 e. The quantitative estimate of drug-likeness (QED) is 0.637. The van der Waals surface area contributed by atoms with Crippen LogP contribution < -0.4 is 0 Å². The molecule has 20 heavy (non-hydrogen) atoms. The Labute approximate surface area is 119 Å². The van der Waals surface area contributed by atoms with Crippen LogP contribution in [0.2, 0.25) is 0 Å². The molecular weight excluding hydrogens is 260 g/mol. The van der Waals surface area contributed by atoms with Gasteiger partial charge in [0.15, 0.2) is 0 Å². The van der Waals surface area contributed by atoms with E-state index in [0.717, 1.165) is 5.57 Å². The van der Waals surface area contributed by atoms with E-state index in [1.807, 2.05) is 0 Å². The van der Waals surface area contributed by atoms with Crippen LogP contribution in [0.25, 0.3) is 0 Å². The Bertz CT molecular complexity index is 418. The monoisotopic (exact) mass is 284 g/mol. The highest BCUT2D eigenvalue weighted by Crippen LogP contribution is 2.44. The standard InChI is InChI=1S/C15H24O5/c1-14(2,3)20-12(16)11-7-6-10(9-19-5)8-15(11,4)13(17)18/h9,11H,6-8H2,1-5H3,(H,17,18)/t11-,15+/m1/s1. The fourth-order valence-electron chi connectivity index (χ4n) is 2.57. The van der Waals surface area contributed by atoms with Crippen LogP contribution in [0.5, 0.6) is 0 Å². The van der Waals surface area contributed by atoms with Crippen molar-refractivity contribution in [1.29, 1.82) is 0 Å². The average molecular weight is 284 g/mol. The zero-order valence-electron chi connectivity index (χ0n) is 12.9. The molecule has 0 heterocycles. The Morgan fingerprint density at radius 2 is 2.00 bits per heavy atom. The van der Waals surface area contributed by atoms with Crippen LogP contribution in [0.1, 0.15) is 47.0 Å². The molecule has 0 aromatic carbocycles. The maximum absolute atomic E-state index is 12.3. The van der Waals surface area contributed by atoms with Gasteiger partial charge in [0.05, 0.1) is 24.7 Å². The first-order valence-electron chi connectivity index (χ1n) is 6.77. The Morgan fingerprint density at radius 1 is 1.40 bits per heavy atom. The number of carbonyl (C=O) groups excluding carboxylic acids is 1. The number of rotatable bonds is 3. The fourth-order valence-corrected chi connectivity index (χ4v) is 2.57. The van der Waals surface area contributed by atoms with Crippen LogP contribution in [-0.4, -0.2) is 29.8 Å². The molecule has 0 aliphatic heterocycles. The lowest BCUT2D eigenvalue weighted by molar-refractivity contribution is -0.174. The van der Waals surface area contributed by atoms with Crippen molar-refractivity contribution < 1.29 is 24.2 Å². The molecule has 5 heteroatoms. The molecule has 0 aromatic heterocycles. The number of carboxylic acid groups (broad SMARTS) is 1. The first-order chi connectivity index (χ1) is 9.10. The predicted octanol–water partition coefficient (Wildman–Crippen LogP) is 2.75. The highest BCUT2D eigenvalue weighted by atomic mass is 16.6. The molecular formula is C15H24O5. The van der Waals surface area contributed by atoms with E-state index in [1.54, 1.807) is 34.0 Å². The lowest BCUT2D eigenvalue weighted by atomic mass is 9.66. The molecule has 0 saturated heterocycles. The van der Waals surface area contributed by atoms with E-state index >= 15 is 0 Å². The molecule has 1 aliphatic carbocycles. The van der Waals surface area contributed by atoms with Crippen molar-refractivity contribution in [3.8, 4) is 0 Å². The first kappa shape index (κ1) is 16.5. The predicted molar refractivity (Wildman–Crippen MR) is 74.0 cm³/mol. The number of hydrogen-bond donors (Lipinski definition) is 1. The van der Waals surface area contributed by atoms with Crippen molar-refractivity contribution in [3.05, 3.63) is 11.8 Å². The Balaban J connectivity index is 2.98. The third-order valence-electron chi connectivity index (χ3n) is 3.58. The highest BCUT2D eigenvalue weighted by molar-refractivity contribution is 5.85. The molecule has 1 saturated carbocycles. The number of ether oxygens (including phenoxy) is 2. The van der Waals surface area contributed by atoms with Crippen LogP contribution in [0.15, 0.2) is 11.8 Å². The minimum absolute atomic E-state index is 0.306. The minimum Gasteiger partial charge on any atom is -0.504 e. The van der Waals surface area contributed by atoms with Gasteiger partial charge < -0.3 is 14.6 Å². The second kappa shape index (κ2) is 5.85. The summed E-state index contributed by atoms with van der Waals surface area (Å²) in [6.45, 7) is 6.94. The van der Waals surface area contributed by atoms with Crippen LogP contribution in [-0.2, 0) is 19.1 Å². The van der Waals surface area contributed by atoms with E-state index in [2.05, 4.69) is 0 Å². The van der Waals surface area contributed by atoms with Crippen LogP contribution in [0.4, 0.5) is 0 Å². The molecule has 0 unspecified atom stereocenters. The Morgan fingerprint density at radius 3 is 2.45 bits per heavy atom. The number of esters is 1. The van der Waals surface area contributed by atoms with Gasteiger partial charge in [-0.1, -0.05) is 0 Å². The molecule has 114 valence electrons. The van der Waals surface area contributed by atoms with Gasteiger partial charge in [0.25, 0.3) is 0 Å². The molecule has 0 radical (unpaired) electrons. The topological polar surface area (TPSA) is 72.8 Å². The molecule has 1 N–H and O–H groups in total. The van der Waals surface area contributed by atoms with E-state index in [1.165, 1.54) is 7.11 Å². The van der Waals surface area contributed by atoms with E-state index in [0.29, 0.717) is 19.3 Å². The summed E-state index contributed by atoms with van der Waals surface area (Å²) in [5.41, 5.74) is -0.846. The molecule has 0 amide bonds. The summed E-state index contributed by atoms with van der Waals surface area (Å²) in [6, 6.07) is 0. The van der Waals surface area contributed by atoms with Crippen molar-refractivity contribution in [2.75, 3.05) is 7.11 Å². The van der Waals surface area contributed by atoms with E-state index in [4.69, 9.17) is 9.47 Å². The number of carboxylic acids is 1. The van der Waals surface area contributed by atoms with E-state index in [-0.39, 0.29) is 0 Å². The average Bonchev–Trinajstić information content (AvgIpc) is 2.26. The Kier molecular flexibility index (Phi) is 4.84. The van der Waals surface area contributed by atoms with Gasteiger partial charge in [0.2, 0.25) is 0 Å². The molecule has 0 bridgehead atoms. The minimum atomic E-state index is -1.15. The molecule has 0 spiro atoms. The Hall–Kier alpha value is -1.52. The zero-order valence-corrected chi connectivity index (χ0v) is 12.9. The summed E-state index contributed by atoms with van der Waals surface area (Å²) in [5.74, 6) is -2.04. The largest absolute Gasteiger partial charge is 0.504 e. The molecule has 1 fully saturated rings. The molecule has 1 rings (SSSR count). The summed E-state index contributed by atoms with van der Waals surface area (Å²) in [6.07, 6.45) is 3.00. The SMILES string of the molecule is COC=C1CC[C@H](C(=O)OC(C)(C)C)[C@@](C)(C(=O)O)C1. The summed E-state index contributed by atoms with van der Waals surface area (Å²) in [4.78, 5) is 23.9. The van der Waals surface area contributed by atoms with Crippen LogP contribution in [0.3, 0.4) is 0 Å². The summed E-state index contributed by atoms with van der Waals surface area (Å²) in [7, 11) is 1.53. The van der Waals surface area contributed by atoms with Gasteiger partial charge in [-0.05, 0) is 52.5 Å². The third kappa shape index (κ3) is 3.74. The second-order valence-corrected chi connectivity index (χ2v) is 6.54. The van der Waals surface area contributed by atoms with Gasteiger partial charge in [-0.15, -0.1) is 0 Å². The van der Waals surface area contributed by atoms with Gasteiger partial charge >= 0.3 is 11.9 Å². The maximum atomic E-state index is 12.3. The summed E-state index contributed by atoms with van der Waals surface area (Å²) < 4.78 is 10.3. The maximum Gasteiger partial charge on any atom is 0.310 e. The summed E-state index contributed by atoms with van der Waals surface area (Å²) in [5, 5.41) is 9.53. The lowest BCUT2D eigenvalue weighted by Crippen LogP contribution is -2.45.